The summed E-state index contributed by atoms with van der Waals surface area (Å²) < 4.78 is 13.7. The minimum absolute atomic E-state index is 0.373. The smallest absolute Gasteiger partial charge is 0.338 e. The number of imidazole rings is 1. The highest BCUT2D eigenvalue weighted by atomic mass is 19.1. The van der Waals surface area contributed by atoms with Crippen molar-refractivity contribution in [2.75, 3.05) is 0 Å². The molecule has 0 radical (unpaired) electrons. The van der Waals surface area contributed by atoms with Crippen molar-refractivity contribution in [1.82, 2.24) is 9.97 Å². The number of hydrogen-bond donors (Lipinski definition) is 2. The molecule has 0 saturated heterocycles. The zero-order valence-corrected chi connectivity index (χ0v) is 11.6. The first-order chi connectivity index (χ1) is 9.97. The van der Waals surface area contributed by atoms with Gasteiger partial charge in [0, 0.05) is 11.6 Å². The SMILES string of the molecule is Cc1cccc(C)c1-c1nc2cc(C(=O)O)c(F)cc2[nH]1. The minimum atomic E-state index is -1.30. The molecule has 0 aliphatic heterocycles. The predicted molar refractivity (Wildman–Crippen MR) is 77.9 cm³/mol. The number of aromatic carboxylic acids is 1. The molecule has 3 aromatic rings. The predicted octanol–water partition coefficient (Wildman–Crippen LogP) is 3.68. The van der Waals surface area contributed by atoms with Gasteiger partial charge in [0.15, 0.2) is 0 Å². The van der Waals surface area contributed by atoms with Crippen LogP contribution in [0.1, 0.15) is 21.5 Å². The maximum Gasteiger partial charge on any atom is 0.338 e. The fourth-order valence-corrected chi connectivity index (χ4v) is 2.50. The van der Waals surface area contributed by atoms with E-state index in [1.54, 1.807) is 0 Å². The number of H-pyrrole nitrogens is 1. The molecule has 1 heterocycles. The van der Waals surface area contributed by atoms with Gasteiger partial charge in [-0.3, -0.25) is 0 Å². The monoisotopic (exact) mass is 284 g/mol. The first kappa shape index (κ1) is 13.3. The van der Waals surface area contributed by atoms with Crippen LogP contribution in [0, 0.1) is 19.7 Å². The molecule has 0 aliphatic rings. The number of aromatic amines is 1. The molecule has 5 heteroatoms. The van der Waals surface area contributed by atoms with Gasteiger partial charge in [-0.1, -0.05) is 18.2 Å². The van der Waals surface area contributed by atoms with Crippen molar-refractivity contribution in [1.29, 1.82) is 0 Å². The van der Waals surface area contributed by atoms with E-state index in [4.69, 9.17) is 5.11 Å². The average molecular weight is 284 g/mol. The Kier molecular flexibility index (Phi) is 2.97. The van der Waals surface area contributed by atoms with Crippen molar-refractivity contribution in [3.05, 3.63) is 52.8 Å². The van der Waals surface area contributed by atoms with Gasteiger partial charge in [-0.05, 0) is 31.0 Å². The number of aryl methyl sites for hydroxylation is 2. The van der Waals surface area contributed by atoms with Gasteiger partial charge in [-0.2, -0.15) is 0 Å². The van der Waals surface area contributed by atoms with E-state index in [1.165, 1.54) is 12.1 Å². The van der Waals surface area contributed by atoms with E-state index < -0.39 is 11.8 Å². The molecule has 4 nitrogen and oxygen atoms in total. The number of aromatic nitrogens is 2. The second-order valence-corrected chi connectivity index (χ2v) is 5.01. The first-order valence-electron chi connectivity index (χ1n) is 6.46. The maximum atomic E-state index is 13.7. The third kappa shape index (κ3) is 2.16. The van der Waals surface area contributed by atoms with E-state index in [0.717, 1.165) is 16.7 Å². The van der Waals surface area contributed by atoms with Crippen LogP contribution in [0.4, 0.5) is 4.39 Å². The summed E-state index contributed by atoms with van der Waals surface area (Å²) in [5.74, 6) is -1.46. The van der Waals surface area contributed by atoms with Gasteiger partial charge in [0.1, 0.15) is 11.6 Å². The van der Waals surface area contributed by atoms with Gasteiger partial charge < -0.3 is 10.1 Å². The topological polar surface area (TPSA) is 66.0 Å². The van der Waals surface area contributed by atoms with Gasteiger partial charge in [-0.15, -0.1) is 0 Å². The summed E-state index contributed by atoms with van der Waals surface area (Å²) in [4.78, 5) is 18.4. The van der Waals surface area contributed by atoms with E-state index in [0.29, 0.717) is 16.9 Å². The van der Waals surface area contributed by atoms with Crippen LogP contribution in [-0.4, -0.2) is 21.0 Å². The fourth-order valence-electron chi connectivity index (χ4n) is 2.50. The maximum absolute atomic E-state index is 13.7. The zero-order chi connectivity index (χ0) is 15.1. The number of carboxylic acid groups (broad SMARTS) is 1. The average Bonchev–Trinajstić information content (AvgIpc) is 2.79. The fraction of sp³-hybridized carbons (Fsp3) is 0.125. The van der Waals surface area contributed by atoms with Crippen molar-refractivity contribution in [3.63, 3.8) is 0 Å². The second-order valence-electron chi connectivity index (χ2n) is 5.01. The summed E-state index contributed by atoms with van der Waals surface area (Å²) in [5, 5.41) is 8.96. The van der Waals surface area contributed by atoms with Gasteiger partial charge in [-0.25, -0.2) is 14.2 Å². The van der Waals surface area contributed by atoms with E-state index >= 15 is 0 Å². The lowest BCUT2D eigenvalue weighted by molar-refractivity contribution is 0.0692. The summed E-state index contributed by atoms with van der Waals surface area (Å²) in [6.45, 7) is 3.94. The molecule has 0 bridgehead atoms. The Labute approximate surface area is 120 Å². The summed E-state index contributed by atoms with van der Waals surface area (Å²) >= 11 is 0. The highest BCUT2D eigenvalue weighted by Gasteiger charge is 2.15. The minimum Gasteiger partial charge on any atom is -0.478 e. The Bertz CT molecular complexity index is 848. The molecule has 0 unspecified atom stereocenters. The van der Waals surface area contributed by atoms with E-state index in [1.807, 2.05) is 32.0 Å². The normalized spacial score (nSPS) is 11.0. The highest BCUT2D eigenvalue weighted by Crippen LogP contribution is 2.27. The number of carboxylic acids is 1. The molecule has 0 saturated carbocycles. The molecular formula is C16H13FN2O2. The van der Waals surface area contributed by atoms with Crippen LogP contribution < -0.4 is 0 Å². The van der Waals surface area contributed by atoms with Crippen LogP contribution in [-0.2, 0) is 0 Å². The largest absolute Gasteiger partial charge is 0.478 e. The number of nitrogens with zero attached hydrogens (tertiary/aromatic N) is 1. The van der Waals surface area contributed by atoms with Crippen LogP contribution in [0.2, 0.25) is 0 Å². The number of fused-ring (bicyclic) bond motifs is 1. The first-order valence-corrected chi connectivity index (χ1v) is 6.46. The van der Waals surface area contributed by atoms with Crippen molar-refractivity contribution in [3.8, 4) is 11.4 Å². The Balaban J connectivity index is 2.25. The molecule has 2 N–H and O–H groups in total. The molecule has 0 fully saturated rings. The van der Waals surface area contributed by atoms with Crippen LogP contribution >= 0.6 is 0 Å². The van der Waals surface area contributed by atoms with Gasteiger partial charge in [0.05, 0.1) is 16.6 Å². The molecule has 1 aromatic heterocycles. The quantitative estimate of drug-likeness (QED) is 0.754. The molecule has 2 aromatic carbocycles. The van der Waals surface area contributed by atoms with Crippen molar-refractivity contribution in [2.45, 2.75) is 13.8 Å². The van der Waals surface area contributed by atoms with E-state index in [9.17, 15) is 9.18 Å². The standard InChI is InChI=1S/C16H13FN2O2/c1-8-4-3-5-9(2)14(8)15-18-12-6-10(16(20)21)11(17)7-13(12)19-15/h3-7H,1-2H3,(H,18,19)(H,20,21). The number of benzene rings is 2. The Hall–Kier alpha value is -2.69. The van der Waals surface area contributed by atoms with Gasteiger partial charge in [0.25, 0.3) is 0 Å². The Morgan fingerprint density at radius 3 is 2.52 bits per heavy atom. The molecule has 0 aliphatic carbocycles. The molecule has 106 valence electrons. The van der Waals surface area contributed by atoms with E-state index in [-0.39, 0.29) is 5.56 Å². The van der Waals surface area contributed by atoms with E-state index in [2.05, 4.69) is 9.97 Å². The molecule has 21 heavy (non-hydrogen) atoms. The second kappa shape index (κ2) is 4.70. The third-order valence-electron chi connectivity index (χ3n) is 3.52. The van der Waals surface area contributed by atoms with Crippen LogP contribution in [0.25, 0.3) is 22.4 Å². The van der Waals surface area contributed by atoms with Crippen molar-refractivity contribution >= 4 is 17.0 Å². The zero-order valence-electron chi connectivity index (χ0n) is 11.6. The summed E-state index contributed by atoms with van der Waals surface area (Å²) in [6.07, 6.45) is 0. The Morgan fingerprint density at radius 1 is 1.24 bits per heavy atom. The van der Waals surface area contributed by atoms with Crippen molar-refractivity contribution in [2.24, 2.45) is 0 Å². The summed E-state index contributed by atoms with van der Waals surface area (Å²) in [7, 11) is 0. The number of halogens is 1. The number of carbonyl (C=O) groups is 1. The summed E-state index contributed by atoms with van der Waals surface area (Å²) in [5.41, 5.74) is 3.59. The number of rotatable bonds is 2. The van der Waals surface area contributed by atoms with Crippen molar-refractivity contribution < 1.29 is 14.3 Å². The number of hydrogen-bond acceptors (Lipinski definition) is 2. The highest BCUT2D eigenvalue weighted by molar-refractivity contribution is 5.93. The molecule has 3 rings (SSSR count). The van der Waals surface area contributed by atoms with Gasteiger partial charge in [0.2, 0.25) is 0 Å². The lowest BCUT2D eigenvalue weighted by Crippen LogP contribution is -1.99. The third-order valence-corrected chi connectivity index (χ3v) is 3.52. The molecule has 0 amide bonds. The number of nitrogens with one attached hydrogen (secondary N) is 1. The molecule has 0 spiro atoms. The lowest BCUT2D eigenvalue weighted by Gasteiger charge is -2.05. The summed E-state index contributed by atoms with van der Waals surface area (Å²) in [6, 6.07) is 8.32. The lowest BCUT2D eigenvalue weighted by atomic mass is 10.0. The van der Waals surface area contributed by atoms with Crippen LogP contribution in [0.5, 0.6) is 0 Å². The molecular weight excluding hydrogens is 271 g/mol. The Morgan fingerprint density at radius 2 is 1.90 bits per heavy atom. The molecule has 0 atom stereocenters. The van der Waals surface area contributed by atoms with Crippen LogP contribution in [0.3, 0.4) is 0 Å². The van der Waals surface area contributed by atoms with Crippen LogP contribution in [0.15, 0.2) is 30.3 Å². The van der Waals surface area contributed by atoms with Gasteiger partial charge >= 0.3 is 5.97 Å².